The maximum absolute atomic E-state index is 5.55. The summed E-state index contributed by atoms with van der Waals surface area (Å²) in [5.74, 6) is 3.27. The summed E-state index contributed by atoms with van der Waals surface area (Å²) in [5, 5.41) is 3.69. The van der Waals surface area contributed by atoms with Crippen molar-refractivity contribution in [1.82, 2.24) is 10.2 Å². The van der Waals surface area contributed by atoms with Gasteiger partial charge in [-0.15, -0.1) is 0 Å². The van der Waals surface area contributed by atoms with Crippen molar-refractivity contribution < 1.29 is 4.74 Å². The lowest BCUT2D eigenvalue weighted by Crippen LogP contribution is -2.56. The fourth-order valence-corrected chi connectivity index (χ4v) is 4.06. The molecule has 3 unspecified atom stereocenters. The van der Waals surface area contributed by atoms with Gasteiger partial charge in [-0.2, -0.15) is 11.8 Å². The van der Waals surface area contributed by atoms with Gasteiger partial charge in [-0.25, -0.2) is 0 Å². The number of hydrogen-bond donors (Lipinski definition) is 1. The number of rotatable bonds is 4. The van der Waals surface area contributed by atoms with Crippen molar-refractivity contribution in [3.8, 4) is 0 Å². The molecule has 2 rings (SSSR count). The molecule has 16 heavy (non-hydrogen) atoms. The highest BCUT2D eigenvalue weighted by molar-refractivity contribution is 7.99. The first-order valence-electron chi connectivity index (χ1n) is 6.42. The zero-order chi connectivity index (χ0) is 11.4. The van der Waals surface area contributed by atoms with Gasteiger partial charge in [0, 0.05) is 42.7 Å². The minimum atomic E-state index is 0.616. The zero-order valence-corrected chi connectivity index (χ0v) is 11.3. The third-order valence-electron chi connectivity index (χ3n) is 3.77. The molecule has 2 fully saturated rings. The lowest BCUT2D eigenvalue weighted by molar-refractivity contribution is 0.143. The van der Waals surface area contributed by atoms with Crippen molar-refractivity contribution >= 4 is 11.8 Å². The van der Waals surface area contributed by atoms with Gasteiger partial charge in [0.1, 0.15) is 0 Å². The highest BCUT2D eigenvalue weighted by Gasteiger charge is 2.34. The van der Waals surface area contributed by atoms with Gasteiger partial charge >= 0.3 is 0 Å². The van der Waals surface area contributed by atoms with Crippen molar-refractivity contribution in [3.63, 3.8) is 0 Å². The zero-order valence-electron chi connectivity index (χ0n) is 10.4. The van der Waals surface area contributed by atoms with E-state index in [4.69, 9.17) is 4.74 Å². The van der Waals surface area contributed by atoms with Crippen LogP contribution in [0.2, 0.25) is 0 Å². The lowest BCUT2D eigenvalue weighted by atomic mass is 9.92. The summed E-state index contributed by atoms with van der Waals surface area (Å²) in [6.45, 7) is 6.41. The van der Waals surface area contributed by atoms with Crippen LogP contribution in [-0.2, 0) is 4.74 Å². The fourth-order valence-electron chi connectivity index (χ4n) is 2.77. The summed E-state index contributed by atoms with van der Waals surface area (Å²) in [6, 6.07) is 1.30. The van der Waals surface area contributed by atoms with E-state index in [9.17, 15) is 0 Å². The Labute approximate surface area is 103 Å². The van der Waals surface area contributed by atoms with Crippen LogP contribution in [0, 0.1) is 5.92 Å². The fraction of sp³-hybridized carbons (Fsp3) is 1.00. The molecule has 3 nitrogen and oxygen atoms in total. The molecule has 4 heteroatoms. The maximum Gasteiger partial charge on any atom is 0.0510 e. The van der Waals surface area contributed by atoms with Crippen molar-refractivity contribution in [2.24, 2.45) is 5.92 Å². The Balaban J connectivity index is 1.98. The Morgan fingerprint density at radius 1 is 1.56 bits per heavy atom. The van der Waals surface area contributed by atoms with Crippen LogP contribution in [0.4, 0.5) is 0 Å². The Morgan fingerprint density at radius 2 is 2.44 bits per heavy atom. The first kappa shape index (κ1) is 12.7. The molecule has 2 aliphatic rings. The SMILES string of the molecule is CCNC(C1CCOC1)C1CSCCN1C. The molecule has 2 heterocycles. The van der Waals surface area contributed by atoms with Gasteiger partial charge < -0.3 is 15.0 Å². The topological polar surface area (TPSA) is 24.5 Å². The van der Waals surface area contributed by atoms with Crippen molar-refractivity contribution in [2.75, 3.05) is 44.9 Å². The van der Waals surface area contributed by atoms with Crippen molar-refractivity contribution in [3.05, 3.63) is 0 Å². The minimum Gasteiger partial charge on any atom is -0.381 e. The van der Waals surface area contributed by atoms with Gasteiger partial charge in [0.05, 0.1) is 6.61 Å². The molecule has 0 aromatic heterocycles. The van der Waals surface area contributed by atoms with Gasteiger partial charge in [-0.3, -0.25) is 0 Å². The van der Waals surface area contributed by atoms with Crippen LogP contribution in [0.25, 0.3) is 0 Å². The van der Waals surface area contributed by atoms with Crippen molar-refractivity contribution in [1.29, 1.82) is 0 Å². The van der Waals surface area contributed by atoms with Crippen LogP contribution in [0.3, 0.4) is 0 Å². The number of thioether (sulfide) groups is 1. The molecule has 94 valence electrons. The molecule has 0 aromatic rings. The average Bonchev–Trinajstić information content (AvgIpc) is 2.80. The summed E-state index contributed by atoms with van der Waals surface area (Å²) in [7, 11) is 2.27. The van der Waals surface area contributed by atoms with E-state index in [1.807, 2.05) is 0 Å². The second kappa shape index (κ2) is 6.24. The van der Waals surface area contributed by atoms with Crippen LogP contribution < -0.4 is 5.32 Å². The Bertz CT molecular complexity index is 209. The monoisotopic (exact) mass is 244 g/mol. The molecule has 1 N–H and O–H groups in total. The lowest BCUT2D eigenvalue weighted by Gasteiger charge is -2.40. The van der Waals surface area contributed by atoms with E-state index in [0.717, 1.165) is 19.8 Å². The largest absolute Gasteiger partial charge is 0.381 e. The van der Waals surface area contributed by atoms with Crippen LogP contribution in [0.15, 0.2) is 0 Å². The Morgan fingerprint density at radius 3 is 3.06 bits per heavy atom. The maximum atomic E-state index is 5.55. The summed E-state index contributed by atoms with van der Waals surface area (Å²) in [6.07, 6.45) is 1.23. The highest BCUT2D eigenvalue weighted by Crippen LogP contribution is 2.25. The second-order valence-corrected chi connectivity index (χ2v) is 5.98. The van der Waals surface area contributed by atoms with Crippen molar-refractivity contribution in [2.45, 2.75) is 25.4 Å². The molecule has 0 spiro atoms. The molecule has 0 aromatic carbocycles. The van der Waals surface area contributed by atoms with Gasteiger partial charge in [0.2, 0.25) is 0 Å². The third-order valence-corrected chi connectivity index (χ3v) is 4.82. The van der Waals surface area contributed by atoms with Crippen LogP contribution >= 0.6 is 11.8 Å². The molecule has 3 atom stereocenters. The van der Waals surface area contributed by atoms with E-state index >= 15 is 0 Å². The van der Waals surface area contributed by atoms with Crippen LogP contribution in [0.5, 0.6) is 0 Å². The molecular formula is C12H24N2OS. The highest BCUT2D eigenvalue weighted by atomic mass is 32.2. The smallest absolute Gasteiger partial charge is 0.0510 e. The predicted octanol–water partition coefficient (Wildman–Crippen LogP) is 1.05. The molecular weight excluding hydrogens is 220 g/mol. The van der Waals surface area contributed by atoms with E-state index in [0.29, 0.717) is 18.0 Å². The molecule has 0 bridgehead atoms. The summed E-state index contributed by atoms with van der Waals surface area (Å²) in [4.78, 5) is 2.53. The summed E-state index contributed by atoms with van der Waals surface area (Å²) >= 11 is 2.10. The first-order chi connectivity index (χ1) is 7.83. The van der Waals surface area contributed by atoms with Gasteiger partial charge in [-0.1, -0.05) is 6.92 Å². The number of ether oxygens (including phenoxy) is 1. The Kier molecular flexibility index (Phi) is 4.95. The summed E-state index contributed by atoms with van der Waals surface area (Å²) in [5.41, 5.74) is 0. The molecule has 0 saturated carbocycles. The molecule has 2 aliphatic heterocycles. The molecule has 0 aliphatic carbocycles. The molecule has 0 radical (unpaired) electrons. The van der Waals surface area contributed by atoms with E-state index in [-0.39, 0.29) is 0 Å². The average molecular weight is 244 g/mol. The number of nitrogens with one attached hydrogen (secondary N) is 1. The van der Waals surface area contributed by atoms with Gasteiger partial charge in [-0.05, 0) is 20.0 Å². The minimum absolute atomic E-state index is 0.616. The van der Waals surface area contributed by atoms with Crippen LogP contribution in [-0.4, -0.2) is 61.8 Å². The van der Waals surface area contributed by atoms with E-state index in [1.165, 1.54) is 24.5 Å². The standard InChI is InChI=1S/C12H24N2OS/c1-3-13-12(10-4-6-15-8-10)11-9-16-7-5-14(11)2/h10-13H,3-9H2,1-2H3. The molecule has 2 saturated heterocycles. The Hall–Kier alpha value is 0.230. The van der Waals surface area contributed by atoms with E-state index < -0.39 is 0 Å². The first-order valence-corrected chi connectivity index (χ1v) is 7.57. The van der Waals surface area contributed by atoms with Gasteiger partial charge in [0.25, 0.3) is 0 Å². The number of nitrogens with zero attached hydrogens (tertiary/aromatic N) is 1. The summed E-state index contributed by atoms with van der Waals surface area (Å²) < 4.78 is 5.55. The van der Waals surface area contributed by atoms with Crippen LogP contribution in [0.1, 0.15) is 13.3 Å². The number of likely N-dealkylation sites (N-methyl/N-ethyl adjacent to an activating group) is 2. The molecule has 0 amide bonds. The van der Waals surface area contributed by atoms with E-state index in [2.05, 4.69) is 35.9 Å². The second-order valence-electron chi connectivity index (χ2n) is 4.83. The predicted molar refractivity (Wildman–Crippen MR) is 70.1 cm³/mol. The quantitative estimate of drug-likeness (QED) is 0.799. The van der Waals surface area contributed by atoms with E-state index in [1.54, 1.807) is 0 Å². The normalized spacial score (nSPS) is 34.1. The third kappa shape index (κ3) is 2.92. The van der Waals surface area contributed by atoms with Gasteiger partial charge in [0.15, 0.2) is 0 Å². The number of hydrogen-bond acceptors (Lipinski definition) is 4.